The number of hydrogen-bond donors (Lipinski definition) is 1. The third-order valence-electron chi connectivity index (χ3n) is 5.34. The lowest BCUT2D eigenvalue weighted by atomic mass is 10.0. The lowest BCUT2D eigenvalue weighted by Crippen LogP contribution is -2.44. The van der Waals surface area contributed by atoms with Gasteiger partial charge >= 0.3 is 6.18 Å². The maximum atomic E-state index is 12.8. The molecular weight excluding hydrogens is 431 g/mol. The molecule has 1 N–H and O–H groups in total. The Balaban J connectivity index is 1.70. The van der Waals surface area contributed by atoms with Gasteiger partial charge in [-0.2, -0.15) is 13.2 Å². The topological polar surface area (TPSA) is 69.7 Å². The van der Waals surface area contributed by atoms with Crippen LogP contribution in [0, 0.1) is 0 Å². The molecule has 1 aliphatic rings. The fourth-order valence-electron chi connectivity index (χ4n) is 3.52. The van der Waals surface area contributed by atoms with Crippen molar-refractivity contribution in [3.63, 3.8) is 0 Å². The van der Waals surface area contributed by atoms with Crippen molar-refractivity contribution in [1.29, 1.82) is 0 Å². The van der Waals surface area contributed by atoms with Crippen LogP contribution in [-0.2, 0) is 16.2 Å². The van der Waals surface area contributed by atoms with Gasteiger partial charge in [-0.15, -0.1) is 0 Å². The molecule has 0 aromatic heterocycles. The molecule has 0 aliphatic carbocycles. The fourth-order valence-corrected chi connectivity index (χ4v) is 4.57. The number of carbonyl (C=O) groups excluding carboxylic acids is 1. The maximum Gasteiger partial charge on any atom is 0.416 e. The highest BCUT2D eigenvalue weighted by molar-refractivity contribution is 7.92. The van der Waals surface area contributed by atoms with Crippen molar-refractivity contribution in [2.75, 3.05) is 31.9 Å². The molecule has 1 fully saturated rings. The number of alkyl halides is 3. The molecular formula is C21H24F3N3O3S. The minimum Gasteiger partial charge on any atom is -0.339 e. The molecule has 1 amide bonds. The summed E-state index contributed by atoms with van der Waals surface area (Å²) < 4.78 is 65.8. The Hall–Kier alpha value is -2.59. The second-order valence-electron chi connectivity index (χ2n) is 7.70. The molecule has 0 unspecified atom stereocenters. The first-order chi connectivity index (χ1) is 14.5. The van der Waals surface area contributed by atoms with Crippen LogP contribution in [-0.4, -0.2) is 57.4 Å². The highest BCUT2D eigenvalue weighted by Gasteiger charge is 2.31. The van der Waals surface area contributed by atoms with Crippen molar-refractivity contribution < 1.29 is 26.4 Å². The molecule has 168 valence electrons. The highest BCUT2D eigenvalue weighted by Crippen LogP contribution is 2.31. The van der Waals surface area contributed by atoms with E-state index in [2.05, 4.69) is 9.62 Å². The Bertz CT molecular complexity index is 1030. The van der Waals surface area contributed by atoms with E-state index in [0.717, 1.165) is 31.0 Å². The summed E-state index contributed by atoms with van der Waals surface area (Å²) in [6, 6.07) is 9.77. The number of rotatable bonds is 5. The van der Waals surface area contributed by atoms with Crippen molar-refractivity contribution in [2.24, 2.45) is 0 Å². The number of piperidine rings is 1. The molecule has 1 aliphatic heterocycles. The number of halogens is 3. The Kier molecular flexibility index (Phi) is 6.61. The van der Waals surface area contributed by atoms with Gasteiger partial charge in [-0.25, -0.2) is 8.42 Å². The average molecular weight is 456 g/mol. The Morgan fingerprint density at radius 3 is 2.23 bits per heavy atom. The summed E-state index contributed by atoms with van der Waals surface area (Å²) in [7, 11) is -0.0902. The van der Waals surface area contributed by atoms with Crippen LogP contribution in [0.5, 0.6) is 0 Å². The van der Waals surface area contributed by atoms with E-state index in [-0.39, 0.29) is 16.5 Å². The van der Waals surface area contributed by atoms with E-state index in [1.54, 1.807) is 4.90 Å². The van der Waals surface area contributed by atoms with E-state index in [9.17, 15) is 26.4 Å². The molecule has 31 heavy (non-hydrogen) atoms. The summed E-state index contributed by atoms with van der Waals surface area (Å²) in [6.07, 6.45) is -2.84. The summed E-state index contributed by atoms with van der Waals surface area (Å²) in [5.74, 6) is -0.174. The number of anilines is 1. The number of nitrogens with one attached hydrogen (secondary N) is 1. The third-order valence-corrected chi connectivity index (χ3v) is 6.73. The summed E-state index contributed by atoms with van der Waals surface area (Å²) >= 11 is 0. The molecule has 1 saturated heterocycles. The number of hydrogen-bond acceptors (Lipinski definition) is 4. The molecule has 0 spiro atoms. The molecule has 6 nitrogen and oxygen atoms in total. The molecule has 3 rings (SSSR count). The molecule has 0 bridgehead atoms. The SMILES string of the molecule is CN(C)C1CCN(C(=O)c2ccc(S(=O)(=O)Nc3cccc(C(F)(F)F)c3)cc2)CC1. The maximum absolute atomic E-state index is 12.8. The summed E-state index contributed by atoms with van der Waals surface area (Å²) in [5, 5.41) is 0. The second kappa shape index (κ2) is 8.88. The van der Waals surface area contributed by atoms with Gasteiger partial charge in [0.05, 0.1) is 10.5 Å². The number of amides is 1. The van der Waals surface area contributed by atoms with Gasteiger partial charge in [0.25, 0.3) is 15.9 Å². The summed E-state index contributed by atoms with van der Waals surface area (Å²) in [4.78, 5) is 16.4. The van der Waals surface area contributed by atoms with Crippen LogP contribution < -0.4 is 4.72 Å². The monoisotopic (exact) mass is 455 g/mol. The minimum absolute atomic E-state index is 0.146. The van der Waals surface area contributed by atoms with E-state index in [1.807, 2.05) is 14.1 Å². The predicted octanol–water partition coefficient (Wildman–Crippen LogP) is 3.67. The van der Waals surface area contributed by atoms with E-state index in [1.165, 1.54) is 30.3 Å². The van der Waals surface area contributed by atoms with Gasteiger partial charge in [0.15, 0.2) is 0 Å². The van der Waals surface area contributed by atoms with Crippen LogP contribution in [0.4, 0.5) is 18.9 Å². The lowest BCUT2D eigenvalue weighted by molar-refractivity contribution is -0.137. The molecule has 0 saturated carbocycles. The Morgan fingerprint density at radius 1 is 1.06 bits per heavy atom. The lowest BCUT2D eigenvalue weighted by Gasteiger charge is -2.35. The molecule has 0 atom stereocenters. The predicted molar refractivity (Wildman–Crippen MR) is 111 cm³/mol. The van der Waals surface area contributed by atoms with Crippen LogP contribution in [0.15, 0.2) is 53.4 Å². The highest BCUT2D eigenvalue weighted by atomic mass is 32.2. The van der Waals surface area contributed by atoms with Gasteiger partial charge in [-0.05, 0) is 69.4 Å². The van der Waals surface area contributed by atoms with Gasteiger partial charge in [0.1, 0.15) is 0 Å². The number of nitrogens with zero attached hydrogens (tertiary/aromatic N) is 2. The van der Waals surface area contributed by atoms with E-state index < -0.39 is 21.8 Å². The summed E-state index contributed by atoms with van der Waals surface area (Å²) in [6.45, 7) is 1.25. The normalized spacial score (nSPS) is 15.9. The van der Waals surface area contributed by atoms with Gasteiger partial charge in [0.2, 0.25) is 0 Å². The number of benzene rings is 2. The Labute approximate surface area is 179 Å². The fraction of sp³-hybridized carbons (Fsp3) is 0.381. The largest absolute Gasteiger partial charge is 0.416 e. The second-order valence-corrected chi connectivity index (χ2v) is 9.38. The van der Waals surface area contributed by atoms with Crippen LogP contribution in [0.25, 0.3) is 0 Å². The smallest absolute Gasteiger partial charge is 0.339 e. The zero-order valence-electron chi connectivity index (χ0n) is 17.2. The number of sulfonamides is 1. The molecule has 0 radical (unpaired) electrons. The van der Waals surface area contributed by atoms with Crippen LogP contribution in [0.2, 0.25) is 0 Å². The van der Waals surface area contributed by atoms with E-state index in [4.69, 9.17) is 0 Å². The zero-order valence-corrected chi connectivity index (χ0v) is 18.0. The summed E-state index contributed by atoms with van der Waals surface area (Å²) in [5.41, 5.74) is -0.785. The van der Waals surface area contributed by atoms with Crippen LogP contribution in [0.3, 0.4) is 0 Å². The quantitative estimate of drug-likeness (QED) is 0.747. The molecule has 2 aromatic carbocycles. The van der Waals surface area contributed by atoms with Gasteiger partial charge in [-0.3, -0.25) is 9.52 Å². The molecule has 10 heteroatoms. The van der Waals surface area contributed by atoms with Crippen molar-refractivity contribution >= 4 is 21.6 Å². The van der Waals surface area contributed by atoms with Gasteiger partial charge in [0, 0.05) is 30.4 Å². The Morgan fingerprint density at radius 2 is 1.68 bits per heavy atom. The minimum atomic E-state index is -4.58. The third kappa shape index (κ3) is 5.56. The first kappa shape index (κ1) is 23.1. The molecule has 2 aromatic rings. The zero-order chi connectivity index (χ0) is 22.8. The number of carbonyl (C=O) groups is 1. The van der Waals surface area contributed by atoms with Gasteiger partial charge < -0.3 is 9.80 Å². The van der Waals surface area contributed by atoms with Crippen LogP contribution in [0.1, 0.15) is 28.8 Å². The van der Waals surface area contributed by atoms with Crippen molar-refractivity contribution in [2.45, 2.75) is 30.0 Å². The number of likely N-dealkylation sites (tertiary alicyclic amines) is 1. The van der Waals surface area contributed by atoms with Crippen molar-refractivity contribution in [3.05, 3.63) is 59.7 Å². The van der Waals surface area contributed by atoms with E-state index in [0.29, 0.717) is 24.7 Å². The van der Waals surface area contributed by atoms with Crippen molar-refractivity contribution in [3.8, 4) is 0 Å². The van der Waals surface area contributed by atoms with Gasteiger partial charge in [-0.1, -0.05) is 6.07 Å². The van der Waals surface area contributed by atoms with E-state index >= 15 is 0 Å². The first-order valence-corrected chi connectivity index (χ1v) is 11.2. The molecule has 1 heterocycles. The first-order valence-electron chi connectivity index (χ1n) is 9.73. The van der Waals surface area contributed by atoms with Crippen LogP contribution >= 0.6 is 0 Å². The average Bonchev–Trinajstić information content (AvgIpc) is 2.72. The standard InChI is InChI=1S/C21H24F3N3O3S/c1-26(2)18-10-12-27(13-11-18)20(28)15-6-8-19(9-7-15)31(29,30)25-17-5-3-4-16(14-17)21(22,23)24/h3-9,14,18,25H,10-13H2,1-2H3. The van der Waals surface area contributed by atoms with Crippen molar-refractivity contribution in [1.82, 2.24) is 9.80 Å².